The van der Waals surface area contributed by atoms with Gasteiger partial charge in [-0.2, -0.15) is 0 Å². The molecule has 0 aliphatic heterocycles. The standard InChI is InChI=1S/C16H24N2O2S/c1-12(19)10-11-17-16(20)18-14-8-4-5-9-15(14)21-13-6-2-3-7-13/h4-5,8-9,12-13,19H,2-3,6-7,10-11H2,1H3,(H2,17,18,20). The third-order valence-electron chi connectivity index (χ3n) is 3.58. The highest BCUT2D eigenvalue weighted by Gasteiger charge is 2.18. The molecule has 1 aliphatic carbocycles. The lowest BCUT2D eigenvalue weighted by Gasteiger charge is -2.14. The molecule has 0 bridgehead atoms. The largest absolute Gasteiger partial charge is 0.393 e. The van der Waals surface area contributed by atoms with E-state index < -0.39 is 6.10 Å². The molecule has 2 rings (SSSR count). The second-order valence-corrected chi connectivity index (χ2v) is 6.88. The molecule has 3 N–H and O–H groups in total. The van der Waals surface area contributed by atoms with Gasteiger partial charge >= 0.3 is 6.03 Å². The number of thioether (sulfide) groups is 1. The Labute approximate surface area is 130 Å². The number of carbonyl (C=O) groups is 1. The third-order valence-corrected chi connectivity index (χ3v) is 4.99. The highest BCUT2D eigenvalue weighted by molar-refractivity contribution is 8.00. The molecule has 1 fully saturated rings. The van der Waals surface area contributed by atoms with Crippen molar-refractivity contribution in [3.05, 3.63) is 24.3 Å². The molecule has 5 heteroatoms. The molecule has 1 atom stereocenters. The number of urea groups is 1. The summed E-state index contributed by atoms with van der Waals surface area (Å²) in [5.41, 5.74) is 0.865. The maximum atomic E-state index is 11.9. The Morgan fingerprint density at radius 3 is 2.81 bits per heavy atom. The van der Waals surface area contributed by atoms with E-state index in [0.29, 0.717) is 18.2 Å². The maximum Gasteiger partial charge on any atom is 0.319 e. The predicted octanol–water partition coefficient (Wildman–Crippen LogP) is 3.61. The first-order chi connectivity index (χ1) is 10.1. The molecule has 1 aliphatic rings. The molecule has 1 aromatic rings. The smallest absolute Gasteiger partial charge is 0.319 e. The van der Waals surface area contributed by atoms with Crippen LogP contribution in [0.25, 0.3) is 0 Å². The second kappa shape index (κ2) is 8.29. The average molecular weight is 308 g/mol. The lowest BCUT2D eigenvalue weighted by molar-refractivity contribution is 0.184. The second-order valence-electron chi connectivity index (χ2n) is 5.54. The van der Waals surface area contributed by atoms with Crippen molar-refractivity contribution < 1.29 is 9.90 Å². The summed E-state index contributed by atoms with van der Waals surface area (Å²) in [6.07, 6.45) is 5.32. The summed E-state index contributed by atoms with van der Waals surface area (Å²) in [5.74, 6) is 0. The minimum absolute atomic E-state index is 0.213. The summed E-state index contributed by atoms with van der Waals surface area (Å²) in [6, 6.07) is 7.73. The first-order valence-electron chi connectivity index (χ1n) is 7.64. The number of amides is 2. The molecule has 0 heterocycles. The van der Waals surface area contributed by atoms with Crippen LogP contribution in [0.5, 0.6) is 0 Å². The van der Waals surface area contributed by atoms with Crippen molar-refractivity contribution in [1.82, 2.24) is 5.32 Å². The van der Waals surface area contributed by atoms with Crippen LogP contribution in [0.1, 0.15) is 39.0 Å². The number of carbonyl (C=O) groups excluding carboxylic acids is 1. The topological polar surface area (TPSA) is 61.4 Å². The molecule has 0 saturated heterocycles. The van der Waals surface area contributed by atoms with Gasteiger partial charge in [0.25, 0.3) is 0 Å². The minimum atomic E-state index is -0.393. The van der Waals surface area contributed by atoms with Crippen molar-refractivity contribution >= 4 is 23.5 Å². The fourth-order valence-electron chi connectivity index (χ4n) is 2.42. The van der Waals surface area contributed by atoms with E-state index in [1.54, 1.807) is 6.92 Å². The van der Waals surface area contributed by atoms with E-state index in [-0.39, 0.29) is 6.03 Å². The molecular weight excluding hydrogens is 284 g/mol. The zero-order valence-corrected chi connectivity index (χ0v) is 13.3. The van der Waals surface area contributed by atoms with Crippen molar-refractivity contribution in [3.63, 3.8) is 0 Å². The van der Waals surface area contributed by atoms with E-state index in [9.17, 15) is 9.90 Å². The molecule has 116 valence electrons. The van der Waals surface area contributed by atoms with Gasteiger partial charge in [0.05, 0.1) is 11.8 Å². The molecule has 21 heavy (non-hydrogen) atoms. The Morgan fingerprint density at radius 2 is 2.10 bits per heavy atom. The molecule has 4 nitrogen and oxygen atoms in total. The van der Waals surface area contributed by atoms with E-state index in [2.05, 4.69) is 16.7 Å². The monoisotopic (exact) mass is 308 g/mol. The van der Waals surface area contributed by atoms with Crippen molar-refractivity contribution in [2.45, 2.75) is 55.3 Å². The van der Waals surface area contributed by atoms with Crippen LogP contribution in [0.2, 0.25) is 0 Å². The summed E-state index contributed by atoms with van der Waals surface area (Å²) < 4.78 is 0. The van der Waals surface area contributed by atoms with E-state index in [1.165, 1.54) is 25.7 Å². The minimum Gasteiger partial charge on any atom is -0.393 e. The van der Waals surface area contributed by atoms with Crippen LogP contribution in [0.4, 0.5) is 10.5 Å². The van der Waals surface area contributed by atoms with E-state index in [0.717, 1.165) is 10.6 Å². The molecule has 0 spiro atoms. The third kappa shape index (κ3) is 5.59. The highest BCUT2D eigenvalue weighted by Crippen LogP contribution is 2.37. The van der Waals surface area contributed by atoms with Crippen molar-refractivity contribution in [3.8, 4) is 0 Å². The van der Waals surface area contributed by atoms with Crippen LogP contribution < -0.4 is 10.6 Å². The van der Waals surface area contributed by atoms with Gasteiger partial charge in [0, 0.05) is 16.7 Å². The van der Waals surface area contributed by atoms with E-state index in [1.807, 2.05) is 30.0 Å². The van der Waals surface area contributed by atoms with Crippen molar-refractivity contribution in [2.24, 2.45) is 0 Å². The van der Waals surface area contributed by atoms with Gasteiger partial charge in [0.2, 0.25) is 0 Å². The van der Waals surface area contributed by atoms with E-state index >= 15 is 0 Å². The summed E-state index contributed by atoms with van der Waals surface area (Å²) >= 11 is 1.87. The van der Waals surface area contributed by atoms with Gasteiger partial charge in [0.1, 0.15) is 0 Å². The summed E-state index contributed by atoms with van der Waals surface area (Å²) in [4.78, 5) is 13.0. The van der Waals surface area contributed by atoms with Crippen LogP contribution in [-0.2, 0) is 0 Å². The van der Waals surface area contributed by atoms with Gasteiger partial charge in [-0.05, 0) is 38.3 Å². The predicted molar refractivity (Wildman–Crippen MR) is 87.9 cm³/mol. The Morgan fingerprint density at radius 1 is 1.38 bits per heavy atom. The summed E-state index contributed by atoms with van der Waals surface area (Å²) in [5, 5.41) is 15.5. The van der Waals surface area contributed by atoms with Gasteiger partial charge in [-0.1, -0.05) is 25.0 Å². The number of aliphatic hydroxyl groups excluding tert-OH is 1. The van der Waals surface area contributed by atoms with Gasteiger partial charge in [0.15, 0.2) is 0 Å². The Balaban J connectivity index is 1.88. The first kappa shape index (κ1) is 16.2. The van der Waals surface area contributed by atoms with Crippen LogP contribution in [-0.4, -0.2) is 29.0 Å². The Kier molecular flexibility index (Phi) is 6.39. The molecule has 0 radical (unpaired) electrons. The number of rotatable bonds is 6. The van der Waals surface area contributed by atoms with Gasteiger partial charge in [-0.25, -0.2) is 4.79 Å². The average Bonchev–Trinajstić information content (AvgIpc) is 2.93. The highest BCUT2D eigenvalue weighted by atomic mass is 32.2. The zero-order valence-electron chi connectivity index (χ0n) is 12.5. The van der Waals surface area contributed by atoms with Crippen molar-refractivity contribution in [1.29, 1.82) is 0 Å². The van der Waals surface area contributed by atoms with Crippen LogP contribution in [0.3, 0.4) is 0 Å². The fraction of sp³-hybridized carbons (Fsp3) is 0.562. The number of anilines is 1. The summed E-state index contributed by atoms with van der Waals surface area (Å²) in [7, 11) is 0. The lowest BCUT2D eigenvalue weighted by Crippen LogP contribution is -2.31. The Bertz CT molecular complexity index is 459. The number of aliphatic hydroxyl groups is 1. The fourth-order valence-corrected chi connectivity index (χ4v) is 3.75. The summed E-state index contributed by atoms with van der Waals surface area (Å²) in [6.45, 7) is 2.19. The maximum absolute atomic E-state index is 11.9. The quantitative estimate of drug-likeness (QED) is 0.752. The molecular formula is C16H24N2O2S. The number of para-hydroxylation sites is 1. The van der Waals surface area contributed by atoms with Gasteiger partial charge < -0.3 is 15.7 Å². The normalized spacial score (nSPS) is 16.7. The van der Waals surface area contributed by atoms with Crippen LogP contribution in [0, 0.1) is 0 Å². The molecule has 0 aromatic heterocycles. The first-order valence-corrected chi connectivity index (χ1v) is 8.51. The SMILES string of the molecule is CC(O)CCNC(=O)Nc1ccccc1SC1CCCC1. The van der Waals surface area contributed by atoms with Crippen molar-refractivity contribution in [2.75, 3.05) is 11.9 Å². The number of hydrogen-bond acceptors (Lipinski definition) is 3. The Hall–Kier alpha value is -1.20. The number of benzene rings is 1. The molecule has 1 aromatic carbocycles. The zero-order chi connectivity index (χ0) is 15.1. The lowest BCUT2D eigenvalue weighted by atomic mass is 10.3. The van der Waals surface area contributed by atoms with Gasteiger partial charge in [-0.3, -0.25) is 0 Å². The number of nitrogens with one attached hydrogen (secondary N) is 2. The van der Waals surface area contributed by atoms with E-state index in [4.69, 9.17) is 0 Å². The van der Waals surface area contributed by atoms with Crippen LogP contribution >= 0.6 is 11.8 Å². The molecule has 1 saturated carbocycles. The molecule has 1 unspecified atom stereocenters. The van der Waals surface area contributed by atoms with Gasteiger partial charge in [-0.15, -0.1) is 11.8 Å². The number of hydrogen-bond donors (Lipinski definition) is 3. The van der Waals surface area contributed by atoms with Crippen LogP contribution in [0.15, 0.2) is 29.2 Å². The molecule has 2 amide bonds.